The standard InChI is InChI=1S/C16H21FN2OS/c1-10(18-9-16-11(2)19-12(3)21-16)8-15(20)13-4-6-14(17)7-5-13/h4-7,10,15,18,20H,8-9H2,1-3H3/t10-,15-/m1/s1. The Bertz CT molecular complexity index is 582. The quantitative estimate of drug-likeness (QED) is 0.858. The van der Waals surface area contributed by atoms with Gasteiger partial charge < -0.3 is 10.4 Å². The van der Waals surface area contributed by atoms with E-state index < -0.39 is 6.10 Å². The minimum Gasteiger partial charge on any atom is -0.388 e. The Morgan fingerprint density at radius 2 is 1.95 bits per heavy atom. The molecule has 2 atom stereocenters. The van der Waals surface area contributed by atoms with Crippen LogP contribution in [0.5, 0.6) is 0 Å². The molecule has 0 amide bonds. The maximum absolute atomic E-state index is 12.9. The summed E-state index contributed by atoms with van der Waals surface area (Å²) in [5.74, 6) is -0.284. The molecule has 1 aromatic carbocycles. The van der Waals surface area contributed by atoms with E-state index in [1.807, 2.05) is 20.8 Å². The molecule has 0 aliphatic carbocycles. The number of hydrogen-bond donors (Lipinski definition) is 2. The van der Waals surface area contributed by atoms with Crippen LogP contribution in [0.15, 0.2) is 24.3 Å². The largest absolute Gasteiger partial charge is 0.388 e. The summed E-state index contributed by atoms with van der Waals surface area (Å²) >= 11 is 1.70. The van der Waals surface area contributed by atoms with Crippen LogP contribution in [0.2, 0.25) is 0 Å². The molecular formula is C16H21FN2OS. The van der Waals surface area contributed by atoms with Gasteiger partial charge in [0.05, 0.1) is 16.8 Å². The highest BCUT2D eigenvalue weighted by Crippen LogP contribution is 2.20. The van der Waals surface area contributed by atoms with Crippen LogP contribution < -0.4 is 5.32 Å². The second-order valence-corrected chi connectivity index (χ2v) is 6.61. The molecule has 0 fully saturated rings. The van der Waals surface area contributed by atoms with Gasteiger partial charge in [-0.05, 0) is 44.9 Å². The molecule has 0 radical (unpaired) electrons. The third-order valence-corrected chi connectivity index (χ3v) is 4.52. The van der Waals surface area contributed by atoms with Crippen molar-refractivity contribution in [3.63, 3.8) is 0 Å². The van der Waals surface area contributed by atoms with Crippen molar-refractivity contribution in [3.05, 3.63) is 51.2 Å². The Kier molecular flexibility index (Phi) is 5.45. The average Bonchev–Trinajstić information content (AvgIpc) is 2.75. The first-order chi connectivity index (χ1) is 9.95. The lowest BCUT2D eigenvalue weighted by molar-refractivity contribution is 0.154. The highest BCUT2D eigenvalue weighted by Gasteiger charge is 2.13. The molecule has 1 aromatic heterocycles. The number of rotatable bonds is 6. The average molecular weight is 308 g/mol. The molecule has 0 bridgehead atoms. The lowest BCUT2D eigenvalue weighted by Gasteiger charge is -2.18. The van der Waals surface area contributed by atoms with E-state index >= 15 is 0 Å². The molecule has 1 heterocycles. The zero-order valence-electron chi connectivity index (χ0n) is 12.6. The van der Waals surface area contributed by atoms with Crippen LogP contribution in [-0.4, -0.2) is 16.1 Å². The fraction of sp³-hybridized carbons (Fsp3) is 0.438. The van der Waals surface area contributed by atoms with Gasteiger partial charge in [0.25, 0.3) is 0 Å². The van der Waals surface area contributed by atoms with E-state index in [0.29, 0.717) is 6.42 Å². The molecule has 2 rings (SSSR count). The monoisotopic (exact) mass is 308 g/mol. The summed E-state index contributed by atoms with van der Waals surface area (Å²) in [5.41, 5.74) is 1.81. The summed E-state index contributed by atoms with van der Waals surface area (Å²) in [6.45, 7) is 6.81. The number of aromatic nitrogens is 1. The van der Waals surface area contributed by atoms with Gasteiger partial charge in [-0.1, -0.05) is 12.1 Å². The summed E-state index contributed by atoms with van der Waals surface area (Å²) in [6.07, 6.45) is 0.0000332. The molecule has 21 heavy (non-hydrogen) atoms. The van der Waals surface area contributed by atoms with Crippen molar-refractivity contribution in [2.24, 2.45) is 0 Å². The summed E-state index contributed by atoms with van der Waals surface area (Å²) < 4.78 is 12.9. The molecule has 3 nitrogen and oxygen atoms in total. The first-order valence-electron chi connectivity index (χ1n) is 7.05. The number of nitrogens with one attached hydrogen (secondary N) is 1. The maximum atomic E-state index is 12.9. The molecule has 0 saturated carbocycles. The van der Waals surface area contributed by atoms with Crippen LogP contribution in [0.1, 0.15) is 40.6 Å². The van der Waals surface area contributed by atoms with E-state index in [0.717, 1.165) is 22.8 Å². The van der Waals surface area contributed by atoms with E-state index in [2.05, 4.69) is 10.3 Å². The molecule has 5 heteroatoms. The third kappa shape index (κ3) is 4.59. The minimum atomic E-state index is -0.586. The Morgan fingerprint density at radius 1 is 1.29 bits per heavy atom. The number of nitrogens with zero attached hydrogens (tertiary/aromatic N) is 1. The first kappa shape index (κ1) is 16.1. The van der Waals surface area contributed by atoms with E-state index in [4.69, 9.17) is 0 Å². The minimum absolute atomic E-state index is 0.159. The van der Waals surface area contributed by atoms with Crippen molar-refractivity contribution in [1.82, 2.24) is 10.3 Å². The summed E-state index contributed by atoms with van der Waals surface area (Å²) in [7, 11) is 0. The van der Waals surface area contributed by atoms with E-state index in [9.17, 15) is 9.50 Å². The number of aliphatic hydroxyl groups excluding tert-OH is 1. The molecular weight excluding hydrogens is 287 g/mol. The van der Waals surface area contributed by atoms with Crippen molar-refractivity contribution in [3.8, 4) is 0 Å². The van der Waals surface area contributed by atoms with Gasteiger partial charge in [0.2, 0.25) is 0 Å². The molecule has 0 spiro atoms. The maximum Gasteiger partial charge on any atom is 0.123 e. The number of hydrogen-bond acceptors (Lipinski definition) is 4. The van der Waals surface area contributed by atoms with Gasteiger partial charge in [-0.2, -0.15) is 0 Å². The van der Waals surface area contributed by atoms with Gasteiger partial charge in [0.1, 0.15) is 5.82 Å². The molecule has 114 valence electrons. The highest BCUT2D eigenvalue weighted by molar-refractivity contribution is 7.11. The fourth-order valence-electron chi connectivity index (χ4n) is 2.24. The van der Waals surface area contributed by atoms with E-state index in [1.165, 1.54) is 17.0 Å². The first-order valence-corrected chi connectivity index (χ1v) is 7.87. The molecule has 0 unspecified atom stereocenters. The lowest BCUT2D eigenvalue weighted by Crippen LogP contribution is -2.27. The molecule has 2 N–H and O–H groups in total. The van der Waals surface area contributed by atoms with Crippen molar-refractivity contribution in [2.45, 2.75) is 45.9 Å². The lowest BCUT2D eigenvalue weighted by atomic mass is 10.0. The normalized spacial score (nSPS) is 14.1. The number of aryl methyl sites for hydroxylation is 2. The zero-order chi connectivity index (χ0) is 15.4. The molecule has 0 saturated heterocycles. The topological polar surface area (TPSA) is 45.2 Å². The van der Waals surface area contributed by atoms with Crippen LogP contribution in [-0.2, 0) is 6.54 Å². The van der Waals surface area contributed by atoms with Gasteiger partial charge >= 0.3 is 0 Å². The van der Waals surface area contributed by atoms with Gasteiger partial charge in [-0.25, -0.2) is 9.37 Å². The van der Waals surface area contributed by atoms with Gasteiger partial charge in [-0.3, -0.25) is 0 Å². The Labute approximate surface area is 128 Å². The Hall–Kier alpha value is -1.30. The summed E-state index contributed by atoms with van der Waals surface area (Å²) in [5, 5.41) is 14.6. The molecule has 0 aliphatic heterocycles. The van der Waals surface area contributed by atoms with E-state index in [-0.39, 0.29) is 11.9 Å². The van der Waals surface area contributed by atoms with Gasteiger partial charge in [0.15, 0.2) is 0 Å². The number of aliphatic hydroxyl groups is 1. The summed E-state index contributed by atoms with van der Waals surface area (Å²) in [4.78, 5) is 5.63. The second kappa shape index (κ2) is 7.11. The zero-order valence-corrected chi connectivity index (χ0v) is 13.4. The smallest absolute Gasteiger partial charge is 0.123 e. The number of benzene rings is 1. The van der Waals surface area contributed by atoms with Crippen LogP contribution in [0.25, 0.3) is 0 Å². The number of thiazole rings is 1. The Balaban J connectivity index is 1.85. The van der Waals surface area contributed by atoms with Gasteiger partial charge in [0, 0.05) is 17.5 Å². The van der Waals surface area contributed by atoms with E-state index in [1.54, 1.807) is 23.5 Å². The number of halogens is 1. The second-order valence-electron chi connectivity index (χ2n) is 5.33. The predicted molar refractivity (Wildman–Crippen MR) is 83.9 cm³/mol. The van der Waals surface area contributed by atoms with Crippen molar-refractivity contribution < 1.29 is 9.50 Å². The van der Waals surface area contributed by atoms with Crippen LogP contribution >= 0.6 is 11.3 Å². The van der Waals surface area contributed by atoms with Crippen molar-refractivity contribution in [1.29, 1.82) is 0 Å². The molecule has 2 aromatic rings. The van der Waals surface area contributed by atoms with Crippen molar-refractivity contribution >= 4 is 11.3 Å². The fourth-order valence-corrected chi connectivity index (χ4v) is 3.13. The van der Waals surface area contributed by atoms with Crippen molar-refractivity contribution in [2.75, 3.05) is 0 Å². The SMILES string of the molecule is Cc1nc(C)c(CN[C@H](C)C[C@@H](O)c2ccc(F)cc2)s1. The highest BCUT2D eigenvalue weighted by atomic mass is 32.1. The van der Waals surface area contributed by atoms with Gasteiger partial charge in [-0.15, -0.1) is 11.3 Å². The third-order valence-electron chi connectivity index (χ3n) is 3.44. The predicted octanol–water partition coefficient (Wildman–Crippen LogP) is 3.50. The van der Waals surface area contributed by atoms with Crippen LogP contribution in [0.3, 0.4) is 0 Å². The Morgan fingerprint density at radius 3 is 2.52 bits per heavy atom. The van der Waals surface area contributed by atoms with Crippen LogP contribution in [0, 0.1) is 19.7 Å². The van der Waals surface area contributed by atoms with Crippen LogP contribution in [0.4, 0.5) is 4.39 Å². The molecule has 0 aliphatic rings. The summed E-state index contributed by atoms with van der Waals surface area (Å²) in [6, 6.07) is 6.17.